The van der Waals surface area contributed by atoms with Crippen molar-refractivity contribution in [1.82, 2.24) is 4.57 Å². The summed E-state index contributed by atoms with van der Waals surface area (Å²) in [7, 11) is 1.86. The first kappa shape index (κ1) is 12.4. The summed E-state index contributed by atoms with van der Waals surface area (Å²) in [5.74, 6) is 0.419. The quantitative estimate of drug-likeness (QED) is 0.879. The number of rotatable bonds is 3. The van der Waals surface area contributed by atoms with Crippen LogP contribution < -0.4 is 5.32 Å². The van der Waals surface area contributed by atoms with Gasteiger partial charge in [0.15, 0.2) is 0 Å². The van der Waals surface area contributed by atoms with E-state index in [2.05, 4.69) is 19.2 Å². The van der Waals surface area contributed by atoms with E-state index in [0.29, 0.717) is 11.6 Å². The Hall–Kier alpha value is -2.03. The van der Waals surface area contributed by atoms with Gasteiger partial charge in [-0.3, -0.25) is 4.79 Å². The topological polar surface area (TPSA) is 34.0 Å². The molecular formula is C15H18N2O. The zero-order chi connectivity index (χ0) is 13.1. The van der Waals surface area contributed by atoms with Crippen molar-refractivity contribution in [2.45, 2.75) is 19.8 Å². The van der Waals surface area contributed by atoms with Gasteiger partial charge in [0.2, 0.25) is 0 Å². The average molecular weight is 242 g/mol. The van der Waals surface area contributed by atoms with E-state index in [9.17, 15) is 4.79 Å². The lowest BCUT2D eigenvalue weighted by atomic mass is 10.0. The van der Waals surface area contributed by atoms with Crippen LogP contribution in [0.5, 0.6) is 0 Å². The highest BCUT2D eigenvalue weighted by Crippen LogP contribution is 2.17. The van der Waals surface area contributed by atoms with Gasteiger partial charge in [0, 0.05) is 18.9 Å². The Labute approximate surface area is 107 Å². The average Bonchev–Trinajstić information content (AvgIpc) is 2.76. The SMILES string of the molecule is CC(C)c1ccc(NC(=O)c2cccn2C)cc1. The molecule has 1 heterocycles. The van der Waals surface area contributed by atoms with Gasteiger partial charge in [-0.2, -0.15) is 0 Å². The number of aryl methyl sites for hydroxylation is 1. The summed E-state index contributed by atoms with van der Waals surface area (Å²) in [4.78, 5) is 12.0. The Bertz CT molecular complexity index is 538. The van der Waals surface area contributed by atoms with Crippen LogP contribution in [0.1, 0.15) is 35.8 Å². The van der Waals surface area contributed by atoms with E-state index in [1.165, 1.54) is 5.56 Å². The predicted octanol–water partition coefficient (Wildman–Crippen LogP) is 3.40. The van der Waals surface area contributed by atoms with E-state index in [0.717, 1.165) is 5.69 Å². The summed E-state index contributed by atoms with van der Waals surface area (Å²) in [6.07, 6.45) is 1.86. The third-order valence-corrected chi connectivity index (χ3v) is 3.01. The molecule has 0 atom stereocenters. The van der Waals surface area contributed by atoms with Crippen LogP contribution >= 0.6 is 0 Å². The number of nitrogens with zero attached hydrogens (tertiary/aromatic N) is 1. The van der Waals surface area contributed by atoms with Crippen LogP contribution in [0, 0.1) is 0 Å². The van der Waals surface area contributed by atoms with Gasteiger partial charge >= 0.3 is 0 Å². The van der Waals surface area contributed by atoms with Gasteiger partial charge in [-0.25, -0.2) is 0 Å². The second-order valence-electron chi connectivity index (χ2n) is 4.74. The van der Waals surface area contributed by atoms with E-state index in [1.54, 1.807) is 10.6 Å². The van der Waals surface area contributed by atoms with E-state index >= 15 is 0 Å². The number of nitrogens with one attached hydrogen (secondary N) is 1. The van der Waals surface area contributed by atoms with Crippen molar-refractivity contribution in [3.05, 3.63) is 53.9 Å². The normalized spacial score (nSPS) is 10.7. The first-order valence-corrected chi connectivity index (χ1v) is 6.10. The molecule has 0 saturated carbocycles. The van der Waals surface area contributed by atoms with Crippen molar-refractivity contribution >= 4 is 11.6 Å². The van der Waals surface area contributed by atoms with Crippen LogP contribution in [-0.4, -0.2) is 10.5 Å². The van der Waals surface area contributed by atoms with Gasteiger partial charge in [0.1, 0.15) is 5.69 Å². The molecule has 0 aliphatic carbocycles. The fourth-order valence-corrected chi connectivity index (χ4v) is 1.84. The fraction of sp³-hybridized carbons (Fsp3) is 0.267. The Morgan fingerprint density at radius 2 is 1.83 bits per heavy atom. The largest absolute Gasteiger partial charge is 0.347 e. The summed E-state index contributed by atoms with van der Waals surface area (Å²) >= 11 is 0. The zero-order valence-corrected chi connectivity index (χ0v) is 11.0. The van der Waals surface area contributed by atoms with Crippen molar-refractivity contribution < 1.29 is 4.79 Å². The molecule has 0 spiro atoms. The molecule has 0 aliphatic heterocycles. The summed E-state index contributed by atoms with van der Waals surface area (Å²) in [5.41, 5.74) is 2.75. The lowest BCUT2D eigenvalue weighted by molar-refractivity contribution is 0.101. The molecule has 2 aromatic rings. The van der Waals surface area contributed by atoms with E-state index in [-0.39, 0.29) is 5.91 Å². The van der Waals surface area contributed by atoms with Gasteiger partial charge in [-0.05, 0) is 35.7 Å². The molecule has 2 rings (SSSR count). The lowest BCUT2D eigenvalue weighted by Crippen LogP contribution is -2.15. The van der Waals surface area contributed by atoms with Crippen molar-refractivity contribution in [3.8, 4) is 0 Å². The van der Waals surface area contributed by atoms with Gasteiger partial charge in [0.05, 0.1) is 0 Å². The van der Waals surface area contributed by atoms with Crippen molar-refractivity contribution in [2.75, 3.05) is 5.32 Å². The number of hydrogen-bond acceptors (Lipinski definition) is 1. The highest BCUT2D eigenvalue weighted by atomic mass is 16.1. The third-order valence-electron chi connectivity index (χ3n) is 3.01. The first-order chi connectivity index (χ1) is 8.58. The third kappa shape index (κ3) is 2.62. The molecule has 3 heteroatoms. The number of aromatic nitrogens is 1. The minimum atomic E-state index is -0.0835. The van der Waals surface area contributed by atoms with E-state index in [1.807, 2.05) is 43.6 Å². The summed E-state index contributed by atoms with van der Waals surface area (Å²) < 4.78 is 1.80. The molecule has 0 unspecified atom stereocenters. The van der Waals surface area contributed by atoms with E-state index in [4.69, 9.17) is 0 Å². The minimum Gasteiger partial charge on any atom is -0.347 e. The van der Waals surface area contributed by atoms with Crippen LogP contribution in [0.2, 0.25) is 0 Å². The maximum atomic E-state index is 12.0. The highest BCUT2D eigenvalue weighted by molar-refractivity contribution is 6.03. The summed E-state index contributed by atoms with van der Waals surface area (Å²) in [6, 6.07) is 11.6. The van der Waals surface area contributed by atoms with Crippen LogP contribution in [0.25, 0.3) is 0 Å². The van der Waals surface area contributed by atoms with Gasteiger partial charge < -0.3 is 9.88 Å². The number of hydrogen-bond donors (Lipinski definition) is 1. The minimum absolute atomic E-state index is 0.0835. The fourth-order valence-electron chi connectivity index (χ4n) is 1.84. The molecule has 1 N–H and O–H groups in total. The second-order valence-corrected chi connectivity index (χ2v) is 4.74. The van der Waals surface area contributed by atoms with Crippen molar-refractivity contribution in [2.24, 2.45) is 7.05 Å². The molecule has 1 aromatic carbocycles. The summed E-state index contributed by atoms with van der Waals surface area (Å²) in [6.45, 7) is 4.30. The molecular weight excluding hydrogens is 224 g/mol. The molecule has 3 nitrogen and oxygen atoms in total. The maximum Gasteiger partial charge on any atom is 0.272 e. The van der Waals surface area contributed by atoms with Gasteiger partial charge in [-0.15, -0.1) is 0 Å². The number of carbonyl (C=O) groups is 1. The van der Waals surface area contributed by atoms with Crippen molar-refractivity contribution in [3.63, 3.8) is 0 Å². The zero-order valence-electron chi connectivity index (χ0n) is 11.0. The molecule has 94 valence electrons. The Kier molecular flexibility index (Phi) is 3.51. The van der Waals surface area contributed by atoms with Crippen LogP contribution in [-0.2, 0) is 7.05 Å². The molecule has 0 saturated heterocycles. The Morgan fingerprint density at radius 1 is 1.17 bits per heavy atom. The molecule has 0 bridgehead atoms. The first-order valence-electron chi connectivity index (χ1n) is 6.10. The smallest absolute Gasteiger partial charge is 0.272 e. The van der Waals surface area contributed by atoms with Crippen LogP contribution in [0.15, 0.2) is 42.6 Å². The van der Waals surface area contributed by atoms with Crippen LogP contribution in [0.4, 0.5) is 5.69 Å². The Balaban J connectivity index is 2.10. The summed E-state index contributed by atoms with van der Waals surface area (Å²) in [5, 5.41) is 2.89. The van der Waals surface area contributed by atoms with E-state index < -0.39 is 0 Å². The lowest BCUT2D eigenvalue weighted by Gasteiger charge is -2.08. The number of carbonyl (C=O) groups excluding carboxylic acids is 1. The molecule has 0 radical (unpaired) electrons. The highest BCUT2D eigenvalue weighted by Gasteiger charge is 2.08. The molecule has 18 heavy (non-hydrogen) atoms. The number of anilines is 1. The number of amides is 1. The monoisotopic (exact) mass is 242 g/mol. The molecule has 0 fully saturated rings. The molecule has 1 amide bonds. The molecule has 1 aromatic heterocycles. The van der Waals surface area contributed by atoms with Crippen molar-refractivity contribution in [1.29, 1.82) is 0 Å². The predicted molar refractivity (Wildman–Crippen MR) is 73.9 cm³/mol. The number of benzene rings is 1. The molecule has 0 aliphatic rings. The Morgan fingerprint density at radius 3 is 2.33 bits per heavy atom. The standard InChI is InChI=1S/C15H18N2O/c1-11(2)12-6-8-13(9-7-12)16-15(18)14-5-4-10-17(14)3/h4-11H,1-3H3,(H,16,18). The second kappa shape index (κ2) is 5.08. The van der Waals surface area contributed by atoms with Gasteiger partial charge in [0.25, 0.3) is 5.91 Å². The van der Waals surface area contributed by atoms with Gasteiger partial charge in [-0.1, -0.05) is 26.0 Å². The maximum absolute atomic E-state index is 12.0. The van der Waals surface area contributed by atoms with Crippen LogP contribution in [0.3, 0.4) is 0 Å².